The molecule has 92 valence electrons. The molecule has 0 aliphatic heterocycles. The minimum Gasteiger partial charge on any atom is -0.399 e. The van der Waals surface area contributed by atoms with E-state index in [1.807, 2.05) is 19.1 Å². The number of hydrogen-bond donors (Lipinski definition) is 2. The average Bonchev–Trinajstić information content (AvgIpc) is 2.40. The van der Waals surface area contributed by atoms with Crippen molar-refractivity contribution < 1.29 is 4.79 Å². The standard InChI is InChI=1S/C14H15N3O/c1-10-8-12(2-3-13(10)15)14(18)17-9-11-4-6-16-7-5-11/h2-8H,9,15H2,1H3,(H,17,18). The molecule has 18 heavy (non-hydrogen) atoms. The number of nitrogen functional groups attached to an aromatic ring is 1. The molecule has 3 N–H and O–H groups in total. The van der Waals surface area contributed by atoms with Gasteiger partial charge in [0.2, 0.25) is 0 Å². The summed E-state index contributed by atoms with van der Waals surface area (Å²) in [7, 11) is 0. The molecular formula is C14H15N3O. The van der Waals surface area contributed by atoms with Crippen LogP contribution in [0.3, 0.4) is 0 Å². The summed E-state index contributed by atoms with van der Waals surface area (Å²) in [6.45, 7) is 2.37. The molecule has 2 aromatic rings. The van der Waals surface area contributed by atoms with Gasteiger partial charge in [-0.25, -0.2) is 0 Å². The fraction of sp³-hybridized carbons (Fsp3) is 0.143. The molecule has 4 nitrogen and oxygen atoms in total. The van der Waals surface area contributed by atoms with E-state index >= 15 is 0 Å². The number of aryl methyl sites for hydroxylation is 1. The lowest BCUT2D eigenvalue weighted by Gasteiger charge is -2.07. The number of nitrogens with zero attached hydrogens (tertiary/aromatic N) is 1. The van der Waals surface area contributed by atoms with Gasteiger partial charge in [0.1, 0.15) is 0 Å². The molecule has 1 aromatic heterocycles. The van der Waals surface area contributed by atoms with Crippen LogP contribution in [0.2, 0.25) is 0 Å². The van der Waals surface area contributed by atoms with E-state index in [2.05, 4.69) is 10.3 Å². The first-order chi connectivity index (χ1) is 8.66. The van der Waals surface area contributed by atoms with Crippen LogP contribution in [0.1, 0.15) is 21.5 Å². The van der Waals surface area contributed by atoms with Gasteiger partial charge in [0.25, 0.3) is 5.91 Å². The van der Waals surface area contributed by atoms with Gasteiger partial charge in [-0.3, -0.25) is 9.78 Å². The van der Waals surface area contributed by atoms with Gasteiger partial charge in [0.05, 0.1) is 0 Å². The van der Waals surface area contributed by atoms with E-state index in [1.54, 1.807) is 30.6 Å². The average molecular weight is 241 g/mol. The fourth-order valence-corrected chi connectivity index (χ4v) is 1.60. The minimum atomic E-state index is -0.102. The first-order valence-corrected chi connectivity index (χ1v) is 5.70. The van der Waals surface area contributed by atoms with E-state index in [1.165, 1.54) is 0 Å². The van der Waals surface area contributed by atoms with E-state index in [9.17, 15) is 4.79 Å². The predicted octanol–water partition coefficient (Wildman–Crippen LogP) is 1.90. The lowest BCUT2D eigenvalue weighted by molar-refractivity contribution is 0.0951. The van der Waals surface area contributed by atoms with Crippen LogP contribution in [0.25, 0.3) is 0 Å². The Morgan fingerprint density at radius 3 is 2.67 bits per heavy atom. The van der Waals surface area contributed by atoms with E-state index < -0.39 is 0 Å². The van der Waals surface area contributed by atoms with Gasteiger partial charge in [-0.1, -0.05) is 0 Å². The van der Waals surface area contributed by atoms with Gasteiger partial charge in [-0.15, -0.1) is 0 Å². The lowest BCUT2D eigenvalue weighted by atomic mass is 10.1. The van der Waals surface area contributed by atoms with Gasteiger partial charge >= 0.3 is 0 Å². The summed E-state index contributed by atoms with van der Waals surface area (Å²) in [5, 5.41) is 2.85. The number of carbonyl (C=O) groups excluding carboxylic acids is 1. The highest BCUT2D eigenvalue weighted by Gasteiger charge is 2.06. The Morgan fingerprint density at radius 2 is 2.00 bits per heavy atom. The van der Waals surface area contributed by atoms with Crippen molar-refractivity contribution in [3.8, 4) is 0 Å². The van der Waals surface area contributed by atoms with E-state index in [0.717, 1.165) is 11.1 Å². The minimum absolute atomic E-state index is 0.102. The number of nitrogens with two attached hydrogens (primary N) is 1. The zero-order chi connectivity index (χ0) is 13.0. The Kier molecular flexibility index (Phi) is 3.57. The molecule has 0 saturated heterocycles. The molecule has 0 atom stereocenters. The number of anilines is 1. The second-order valence-corrected chi connectivity index (χ2v) is 4.11. The van der Waals surface area contributed by atoms with Crippen LogP contribution >= 0.6 is 0 Å². The highest BCUT2D eigenvalue weighted by atomic mass is 16.1. The van der Waals surface area contributed by atoms with Crippen LogP contribution in [-0.4, -0.2) is 10.9 Å². The van der Waals surface area contributed by atoms with Gasteiger partial charge in [0, 0.05) is 30.2 Å². The maximum Gasteiger partial charge on any atom is 0.251 e. The van der Waals surface area contributed by atoms with Crippen molar-refractivity contribution in [1.29, 1.82) is 0 Å². The molecule has 1 aromatic carbocycles. The number of benzene rings is 1. The molecule has 0 bridgehead atoms. The number of rotatable bonds is 3. The second-order valence-electron chi connectivity index (χ2n) is 4.11. The third-order valence-corrected chi connectivity index (χ3v) is 2.73. The molecule has 4 heteroatoms. The van der Waals surface area contributed by atoms with Crippen molar-refractivity contribution in [2.75, 3.05) is 5.73 Å². The Morgan fingerprint density at radius 1 is 1.28 bits per heavy atom. The topological polar surface area (TPSA) is 68.0 Å². The van der Waals surface area contributed by atoms with E-state index in [0.29, 0.717) is 17.8 Å². The number of carbonyl (C=O) groups is 1. The van der Waals surface area contributed by atoms with Crippen LogP contribution < -0.4 is 11.1 Å². The van der Waals surface area contributed by atoms with E-state index in [-0.39, 0.29) is 5.91 Å². The van der Waals surface area contributed by atoms with E-state index in [4.69, 9.17) is 5.73 Å². The number of hydrogen-bond acceptors (Lipinski definition) is 3. The van der Waals surface area contributed by atoms with Gasteiger partial charge in [-0.2, -0.15) is 0 Å². The molecule has 2 rings (SSSR count). The van der Waals surface area contributed by atoms with Crippen molar-refractivity contribution in [3.63, 3.8) is 0 Å². The normalized spacial score (nSPS) is 10.1. The maximum atomic E-state index is 11.9. The molecule has 0 radical (unpaired) electrons. The monoisotopic (exact) mass is 241 g/mol. The molecule has 0 unspecified atom stereocenters. The van der Waals surface area contributed by atoms with Gasteiger partial charge < -0.3 is 11.1 Å². The molecule has 0 spiro atoms. The van der Waals surface area contributed by atoms with Crippen LogP contribution in [0.4, 0.5) is 5.69 Å². The fourth-order valence-electron chi connectivity index (χ4n) is 1.60. The van der Waals surface area contributed by atoms with Crippen molar-refractivity contribution in [1.82, 2.24) is 10.3 Å². The molecule has 0 aliphatic carbocycles. The highest BCUT2D eigenvalue weighted by molar-refractivity contribution is 5.94. The molecule has 0 fully saturated rings. The summed E-state index contributed by atoms with van der Waals surface area (Å²) in [4.78, 5) is 15.8. The first kappa shape index (κ1) is 12.1. The van der Waals surface area contributed by atoms with Crippen molar-refractivity contribution >= 4 is 11.6 Å². The summed E-state index contributed by atoms with van der Waals surface area (Å²) < 4.78 is 0. The highest BCUT2D eigenvalue weighted by Crippen LogP contribution is 2.12. The Bertz CT molecular complexity index is 552. The first-order valence-electron chi connectivity index (χ1n) is 5.70. The van der Waals surface area contributed by atoms with Crippen molar-refractivity contribution in [2.45, 2.75) is 13.5 Å². The zero-order valence-corrected chi connectivity index (χ0v) is 10.2. The summed E-state index contributed by atoms with van der Waals surface area (Å²) in [6.07, 6.45) is 3.41. The van der Waals surface area contributed by atoms with Crippen LogP contribution in [-0.2, 0) is 6.54 Å². The summed E-state index contributed by atoms with van der Waals surface area (Å²) in [6, 6.07) is 9.00. The lowest BCUT2D eigenvalue weighted by Crippen LogP contribution is -2.22. The van der Waals surface area contributed by atoms with Crippen LogP contribution in [0.5, 0.6) is 0 Å². The van der Waals surface area contributed by atoms with Crippen molar-refractivity contribution in [3.05, 3.63) is 59.4 Å². The molecule has 1 heterocycles. The zero-order valence-electron chi connectivity index (χ0n) is 10.2. The predicted molar refractivity (Wildman–Crippen MR) is 71.0 cm³/mol. The SMILES string of the molecule is Cc1cc(C(=O)NCc2ccncc2)ccc1N. The smallest absolute Gasteiger partial charge is 0.251 e. The molecule has 1 amide bonds. The molecular weight excluding hydrogens is 226 g/mol. The Hall–Kier alpha value is -2.36. The third-order valence-electron chi connectivity index (χ3n) is 2.73. The molecule has 0 saturated carbocycles. The second kappa shape index (κ2) is 5.31. The van der Waals surface area contributed by atoms with Crippen LogP contribution in [0.15, 0.2) is 42.7 Å². The van der Waals surface area contributed by atoms with Gasteiger partial charge in [0.15, 0.2) is 0 Å². The third kappa shape index (κ3) is 2.85. The Labute approximate surface area is 106 Å². The van der Waals surface area contributed by atoms with Crippen LogP contribution in [0, 0.1) is 6.92 Å². The Balaban J connectivity index is 2.02. The van der Waals surface area contributed by atoms with Gasteiger partial charge in [-0.05, 0) is 48.4 Å². The maximum absolute atomic E-state index is 11.9. The summed E-state index contributed by atoms with van der Waals surface area (Å²) >= 11 is 0. The summed E-state index contributed by atoms with van der Waals surface area (Å²) in [5.41, 5.74) is 8.96. The van der Waals surface area contributed by atoms with Crippen molar-refractivity contribution in [2.24, 2.45) is 0 Å². The molecule has 0 aliphatic rings. The number of nitrogens with one attached hydrogen (secondary N) is 1. The number of pyridine rings is 1. The largest absolute Gasteiger partial charge is 0.399 e. The quantitative estimate of drug-likeness (QED) is 0.806. The number of aromatic nitrogens is 1. The number of amides is 1. The summed E-state index contributed by atoms with van der Waals surface area (Å²) in [5.74, 6) is -0.102.